The van der Waals surface area contributed by atoms with Crippen LogP contribution >= 0.6 is 0 Å². The smallest absolute Gasteiger partial charge is 0.306 e. The summed E-state index contributed by atoms with van der Waals surface area (Å²) in [6.07, 6.45) is 56.0. The maximum absolute atomic E-state index is 12.7. The first-order valence-corrected chi connectivity index (χ1v) is 23.4. The molecule has 6 nitrogen and oxygen atoms in total. The fourth-order valence-electron chi connectivity index (χ4n) is 6.14. The van der Waals surface area contributed by atoms with Gasteiger partial charge >= 0.3 is 17.9 Å². The van der Waals surface area contributed by atoms with Crippen LogP contribution in [0.15, 0.2) is 72.9 Å². The quantitative estimate of drug-likeness (QED) is 0.0265. The molecule has 0 spiro atoms. The van der Waals surface area contributed by atoms with Crippen molar-refractivity contribution in [3.8, 4) is 0 Å². The van der Waals surface area contributed by atoms with Crippen molar-refractivity contribution in [1.29, 1.82) is 0 Å². The Morgan fingerprint density at radius 3 is 1.09 bits per heavy atom. The summed E-state index contributed by atoms with van der Waals surface area (Å²) in [5.41, 5.74) is 0. The summed E-state index contributed by atoms with van der Waals surface area (Å²) in [6, 6.07) is 0. The van der Waals surface area contributed by atoms with E-state index in [1.54, 1.807) is 0 Å². The zero-order valence-electron chi connectivity index (χ0n) is 37.1. The van der Waals surface area contributed by atoms with E-state index < -0.39 is 6.10 Å². The van der Waals surface area contributed by atoms with E-state index in [1.165, 1.54) is 51.4 Å². The highest BCUT2D eigenvalue weighted by Gasteiger charge is 2.19. The van der Waals surface area contributed by atoms with Crippen LogP contribution in [0.4, 0.5) is 0 Å². The second-order valence-corrected chi connectivity index (χ2v) is 15.3. The molecule has 326 valence electrons. The summed E-state index contributed by atoms with van der Waals surface area (Å²) in [5.74, 6) is -0.930. The van der Waals surface area contributed by atoms with Crippen molar-refractivity contribution in [3.05, 3.63) is 72.9 Å². The molecule has 0 aliphatic rings. The molecule has 57 heavy (non-hydrogen) atoms. The maximum atomic E-state index is 12.7. The van der Waals surface area contributed by atoms with Crippen LogP contribution in [0.1, 0.15) is 213 Å². The zero-order valence-corrected chi connectivity index (χ0v) is 37.1. The number of allylic oxidation sites excluding steroid dienone is 12. The van der Waals surface area contributed by atoms with E-state index >= 15 is 0 Å². The zero-order chi connectivity index (χ0) is 41.5. The average molecular weight is 795 g/mol. The molecule has 0 aromatic carbocycles. The van der Waals surface area contributed by atoms with E-state index in [4.69, 9.17) is 14.2 Å². The van der Waals surface area contributed by atoms with Crippen LogP contribution in [0.25, 0.3) is 0 Å². The van der Waals surface area contributed by atoms with E-state index in [9.17, 15) is 14.4 Å². The Morgan fingerprint density at radius 2 is 0.684 bits per heavy atom. The lowest BCUT2D eigenvalue weighted by atomic mass is 10.1. The van der Waals surface area contributed by atoms with Gasteiger partial charge in [0.2, 0.25) is 0 Å². The molecule has 0 aliphatic heterocycles. The highest BCUT2D eigenvalue weighted by atomic mass is 16.6. The third kappa shape index (κ3) is 43.8. The normalized spacial score (nSPS) is 12.7. The number of rotatable bonds is 41. The highest BCUT2D eigenvalue weighted by molar-refractivity contribution is 5.71. The Bertz CT molecular complexity index is 1100. The molecule has 0 amide bonds. The predicted octanol–water partition coefficient (Wildman–Crippen LogP) is 15.1. The van der Waals surface area contributed by atoms with Crippen LogP contribution < -0.4 is 0 Å². The Hall–Kier alpha value is -3.15. The van der Waals surface area contributed by atoms with Crippen LogP contribution in [-0.2, 0) is 28.6 Å². The van der Waals surface area contributed by atoms with E-state index in [1.807, 2.05) is 0 Å². The van der Waals surface area contributed by atoms with E-state index in [0.717, 1.165) is 122 Å². The summed E-state index contributed by atoms with van der Waals surface area (Å²) < 4.78 is 16.7. The number of hydrogen-bond acceptors (Lipinski definition) is 6. The van der Waals surface area contributed by atoms with Crippen LogP contribution in [0.3, 0.4) is 0 Å². The third-order valence-corrected chi connectivity index (χ3v) is 9.63. The van der Waals surface area contributed by atoms with Gasteiger partial charge < -0.3 is 14.2 Å². The van der Waals surface area contributed by atoms with Crippen LogP contribution in [0, 0.1) is 0 Å². The molecule has 0 saturated carbocycles. The SMILES string of the molecule is CC/C=C\C/C=C\C/C=C\C/C=C\CCCCCCCCC(=O)OCC(COC(=O)CCCCCCC/C=C\CCC)OC(=O)CCCCCCC/C=C\CCC. The van der Waals surface area contributed by atoms with Crippen LogP contribution in [-0.4, -0.2) is 37.2 Å². The van der Waals surface area contributed by atoms with Gasteiger partial charge in [-0.25, -0.2) is 0 Å². The molecule has 1 atom stereocenters. The topological polar surface area (TPSA) is 78.9 Å². The predicted molar refractivity (Wildman–Crippen MR) is 242 cm³/mol. The average Bonchev–Trinajstić information content (AvgIpc) is 3.21. The summed E-state index contributed by atoms with van der Waals surface area (Å²) >= 11 is 0. The lowest BCUT2D eigenvalue weighted by molar-refractivity contribution is -0.167. The Labute approximate surface area is 351 Å². The standard InChI is InChI=1S/C51H86O6/c1-4-7-10-13-16-19-22-23-24-25-26-27-28-29-30-33-35-38-41-44-50(53)56-47-48(57-51(54)45-42-39-36-32-21-18-15-12-9-6-3)46-55-49(52)43-40-37-34-31-20-17-14-11-8-5-2/h7,10-12,14-16,19,23-24,26-27,48H,4-6,8-9,13,17-18,20-22,25,28-47H2,1-3H3/b10-7-,14-11-,15-12-,19-16-,24-23-,27-26-. The van der Waals surface area contributed by atoms with Crippen molar-refractivity contribution in [2.45, 2.75) is 219 Å². The summed E-state index contributed by atoms with van der Waals surface area (Å²) in [4.78, 5) is 37.7. The van der Waals surface area contributed by atoms with E-state index in [-0.39, 0.29) is 31.1 Å². The van der Waals surface area contributed by atoms with Crippen molar-refractivity contribution in [2.24, 2.45) is 0 Å². The Balaban J connectivity index is 4.34. The fraction of sp³-hybridized carbons (Fsp3) is 0.706. The Morgan fingerprint density at radius 1 is 0.368 bits per heavy atom. The van der Waals surface area contributed by atoms with Crippen LogP contribution in [0.5, 0.6) is 0 Å². The molecule has 0 aliphatic carbocycles. The van der Waals surface area contributed by atoms with Gasteiger partial charge in [-0.1, -0.05) is 171 Å². The van der Waals surface area contributed by atoms with E-state index in [2.05, 4.69) is 93.7 Å². The van der Waals surface area contributed by atoms with Crippen LogP contribution in [0.2, 0.25) is 0 Å². The Kier molecular flexibility index (Phi) is 43.0. The summed E-state index contributed by atoms with van der Waals surface area (Å²) in [7, 11) is 0. The molecular formula is C51H86O6. The minimum absolute atomic E-state index is 0.0889. The molecule has 0 fully saturated rings. The van der Waals surface area contributed by atoms with E-state index in [0.29, 0.717) is 19.3 Å². The van der Waals surface area contributed by atoms with Crippen molar-refractivity contribution in [2.75, 3.05) is 13.2 Å². The monoisotopic (exact) mass is 795 g/mol. The number of carbonyl (C=O) groups is 3. The molecule has 0 aromatic rings. The first kappa shape index (κ1) is 53.9. The molecule has 0 bridgehead atoms. The third-order valence-electron chi connectivity index (χ3n) is 9.63. The number of esters is 3. The molecule has 1 unspecified atom stereocenters. The molecule has 6 heteroatoms. The van der Waals surface area contributed by atoms with Gasteiger partial charge in [0.25, 0.3) is 0 Å². The number of carbonyl (C=O) groups excluding carboxylic acids is 3. The van der Waals surface area contributed by atoms with Gasteiger partial charge in [-0.3, -0.25) is 14.4 Å². The maximum Gasteiger partial charge on any atom is 0.306 e. The first-order chi connectivity index (χ1) is 28.0. The minimum Gasteiger partial charge on any atom is -0.462 e. The van der Waals surface area contributed by atoms with Crippen molar-refractivity contribution < 1.29 is 28.6 Å². The van der Waals surface area contributed by atoms with Gasteiger partial charge in [0.15, 0.2) is 6.10 Å². The van der Waals surface area contributed by atoms with Gasteiger partial charge in [0.05, 0.1) is 0 Å². The van der Waals surface area contributed by atoms with Gasteiger partial charge in [-0.05, 0) is 96.3 Å². The van der Waals surface area contributed by atoms with Gasteiger partial charge in [-0.15, -0.1) is 0 Å². The summed E-state index contributed by atoms with van der Waals surface area (Å²) in [5, 5.41) is 0. The fourth-order valence-corrected chi connectivity index (χ4v) is 6.14. The lowest BCUT2D eigenvalue weighted by Crippen LogP contribution is -2.30. The second kappa shape index (κ2) is 45.6. The minimum atomic E-state index is -0.786. The molecular weight excluding hydrogens is 709 g/mol. The number of ether oxygens (including phenoxy) is 3. The highest BCUT2D eigenvalue weighted by Crippen LogP contribution is 2.13. The molecule has 0 aromatic heterocycles. The number of hydrogen-bond donors (Lipinski definition) is 0. The van der Waals surface area contributed by atoms with Gasteiger partial charge in [0.1, 0.15) is 13.2 Å². The van der Waals surface area contributed by atoms with Gasteiger partial charge in [0, 0.05) is 19.3 Å². The molecule has 0 rings (SSSR count). The first-order valence-electron chi connectivity index (χ1n) is 23.4. The van der Waals surface area contributed by atoms with Crippen molar-refractivity contribution in [3.63, 3.8) is 0 Å². The van der Waals surface area contributed by atoms with Crippen molar-refractivity contribution in [1.82, 2.24) is 0 Å². The molecule has 0 heterocycles. The molecule has 0 saturated heterocycles. The van der Waals surface area contributed by atoms with Gasteiger partial charge in [-0.2, -0.15) is 0 Å². The largest absolute Gasteiger partial charge is 0.462 e. The number of unbranched alkanes of at least 4 members (excludes halogenated alkanes) is 18. The molecule has 0 radical (unpaired) electrons. The molecule has 0 N–H and O–H groups in total. The summed E-state index contributed by atoms with van der Waals surface area (Å²) in [6.45, 7) is 6.36. The van der Waals surface area contributed by atoms with Crippen molar-refractivity contribution >= 4 is 17.9 Å². The second-order valence-electron chi connectivity index (χ2n) is 15.3. The lowest BCUT2D eigenvalue weighted by Gasteiger charge is -2.18.